The van der Waals surface area contributed by atoms with Gasteiger partial charge in [-0.05, 0) is 63.9 Å². The number of primary amides is 1. The van der Waals surface area contributed by atoms with Gasteiger partial charge < -0.3 is 19.8 Å². The van der Waals surface area contributed by atoms with E-state index in [-0.39, 0.29) is 18.7 Å². The van der Waals surface area contributed by atoms with Gasteiger partial charge in [0.05, 0.1) is 12.1 Å². The van der Waals surface area contributed by atoms with E-state index in [1.165, 1.54) is 17.0 Å². The van der Waals surface area contributed by atoms with Gasteiger partial charge in [-0.2, -0.15) is 0 Å². The fourth-order valence-electron chi connectivity index (χ4n) is 4.85. The Morgan fingerprint density at radius 2 is 1.75 bits per heavy atom. The number of halogens is 1. The highest BCUT2D eigenvalue weighted by Gasteiger charge is 2.50. The van der Waals surface area contributed by atoms with Gasteiger partial charge in [0.25, 0.3) is 0 Å². The summed E-state index contributed by atoms with van der Waals surface area (Å²) in [6.45, 7) is 7.05. The zero-order valence-electron chi connectivity index (χ0n) is 20.7. The number of amides is 2. The molecule has 36 heavy (non-hydrogen) atoms. The SMILES string of the molecule is CCOC(=O)c1cc2ccccc2n1C1C[C@@H](c2ccc(F)cc2)[C@@H](C(N)=O)N1C(=O)OC(C)(C)C. The maximum atomic E-state index is 13.7. The maximum absolute atomic E-state index is 13.7. The molecular weight excluding hydrogens is 465 g/mol. The van der Waals surface area contributed by atoms with Crippen LogP contribution in [0.5, 0.6) is 0 Å². The summed E-state index contributed by atoms with van der Waals surface area (Å²) >= 11 is 0. The minimum Gasteiger partial charge on any atom is -0.461 e. The molecule has 0 bridgehead atoms. The first-order chi connectivity index (χ1) is 17.0. The van der Waals surface area contributed by atoms with Crippen molar-refractivity contribution in [2.24, 2.45) is 5.73 Å². The fourth-order valence-corrected chi connectivity index (χ4v) is 4.85. The lowest BCUT2D eigenvalue weighted by Crippen LogP contribution is -2.49. The van der Waals surface area contributed by atoms with Crippen LogP contribution in [0.1, 0.15) is 62.3 Å². The van der Waals surface area contributed by atoms with Crippen LogP contribution < -0.4 is 5.73 Å². The quantitative estimate of drug-likeness (QED) is 0.515. The molecule has 0 spiro atoms. The molecule has 1 fully saturated rings. The predicted octanol–water partition coefficient (Wildman–Crippen LogP) is 4.73. The number of hydrogen-bond acceptors (Lipinski definition) is 5. The lowest BCUT2D eigenvalue weighted by Gasteiger charge is -2.33. The van der Waals surface area contributed by atoms with E-state index in [1.54, 1.807) is 50.5 Å². The molecule has 3 atom stereocenters. The van der Waals surface area contributed by atoms with E-state index in [2.05, 4.69) is 0 Å². The minimum atomic E-state index is -1.09. The molecule has 0 saturated carbocycles. The fraction of sp³-hybridized carbons (Fsp3) is 0.370. The number of ether oxygens (including phenoxy) is 2. The lowest BCUT2D eigenvalue weighted by molar-refractivity contribution is -0.123. The molecule has 2 amide bonds. The molecule has 3 aromatic rings. The van der Waals surface area contributed by atoms with Crippen LogP contribution in [0.4, 0.5) is 9.18 Å². The molecule has 1 saturated heterocycles. The summed E-state index contributed by atoms with van der Waals surface area (Å²) in [5.41, 5.74) is 6.57. The Kier molecular flexibility index (Phi) is 6.75. The van der Waals surface area contributed by atoms with Gasteiger partial charge in [-0.15, -0.1) is 0 Å². The van der Waals surface area contributed by atoms with Crippen molar-refractivity contribution in [2.75, 3.05) is 6.61 Å². The van der Waals surface area contributed by atoms with Gasteiger partial charge in [0.2, 0.25) is 5.91 Å². The Labute approximate surface area is 208 Å². The summed E-state index contributed by atoms with van der Waals surface area (Å²) in [4.78, 5) is 40.7. The molecule has 0 aliphatic carbocycles. The van der Waals surface area contributed by atoms with Gasteiger partial charge in [0.15, 0.2) is 0 Å². The molecule has 2 aromatic carbocycles. The van der Waals surface area contributed by atoms with E-state index in [1.807, 2.05) is 24.3 Å². The second-order valence-corrected chi connectivity index (χ2v) is 9.79. The molecule has 1 aliphatic heterocycles. The van der Waals surface area contributed by atoms with E-state index in [4.69, 9.17) is 15.2 Å². The molecular formula is C27H30FN3O5. The Hall–Kier alpha value is -3.88. The van der Waals surface area contributed by atoms with Crippen molar-refractivity contribution in [2.45, 2.75) is 57.8 Å². The summed E-state index contributed by atoms with van der Waals surface area (Å²) in [6, 6.07) is 13.7. The molecule has 0 radical (unpaired) electrons. The van der Waals surface area contributed by atoms with Gasteiger partial charge in [-0.25, -0.2) is 14.0 Å². The number of carbonyl (C=O) groups is 3. The van der Waals surface area contributed by atoms with Crippen LogP contribution in [0.25, 0.3) is 10.9 Å². The number of hydrogen-bond donors (Lipinski definition) is 1. The third-order valence-electron chi connectivity index (χ3n) is 6.19. The number of para-hydroxylation sites is 1. The number of aromatic nitrogens is 1. The van der Waals surface area contributed by atoms with Gasteiger partial charge in [-0.1, -0.05) is 30.3 Å². The van der Waals surface area contributed by atoms with Crippen molar-refractivity contribution in [1.29, 1.82) is 0 Å². The van der Waals surface area contributed by atoms with E-state index in [0.717, 1.165) is 5.39 Å². The number of carbonyl (C=O) groups excluding carboxylic acids is 3. The first-order valence-electron chi connectivity index (χ1n) is 11.8. The topological polar surface area (TPSA) is 104 Å². The molecule has 1 unspecified atom stereocenters. The summed E-state index contributed by atoms with van der Waals surface area (Å²) in [6.07, 6.45) is -1.30. The van der Waals surface area contributed by atoms with Crippen LogP contribution in [0.2, 0.25) is 0 Å². The third-order valence-corrected chi connectivity index (χ3v) is 6.19. The average molecular weight is 496 g/mol. The first-order valence-corrected chi connectivity index (χ1v) is 11.8. The zero-order chi connectivity index (χ0) is 26.2. The Balaban J connectivity index is 1.92. The van der Waals surface area contributed by atoms with Crippen LogP contribution >= 0.6 is 0 Å². The van der Waals surface area contributed by atoms with Gasteiger partial charge >= 0.3 is 12.1 Å². The Morgan fingerprint density at radius 3 is 2.36 bits per heavy atom. The average Bonchev–Trinajstić information content (AvgIpc) is 3.37. The summed E-state index contributed by atoms with van der Waals surface area (Å²) in [7, 11) is 0. The maximum Gasteiger partial charge on any atom is 0.412 e. The second-order valence-electron chi connectivity index (χ2n) is 9.79. The van der Waals surface area contributed by atoms with Crippen LogP contribution in [0.3, 0.4) is 0 Å². The standard InChI is InChI=1S/C27H30FN3O5/c1-5-35-25(33)21-14-17-8-6-7-9-20(17)30(21)22-15-19(16-10-12-18(28)13-11-16)23(24(29)32)31(22)26(34)36-27(2,3)4/h6-14,19,22-23H,5,15H2,1-4H3,(H2,29,32)/t19-,22?,23-/m0/s1. The molecule has 2 N–H and O–H groups in total. The zero-order valence-corrected chi connectivity index (χ0v) is 20.7. The van der Waals surface area contributed by atoms with Crippen LogP contribution in [-0.4, -0.2) is 45.7 Å². The summed E-state index contributed by atoms with van der Waals surface area (Å²) in [5.74, 6) is -2.27. The number of benzene rings is 2. The third kappa shape index (κ3) is 4.78. The number of nitrogens with two attached hydrogens (primary N) is 1. The van der Waals surface area contributed by atoms with Crippen LogP contribution in [-0.2, 0) is 14.3 Å². The molecule has 190 valence electrons. The molecule has 4 rings (SSSR count). The second kappa shape index (κ2) is 9.64. The van der Waals surface area contributed by atoms with E-state index in [9.17, 15) is 18.8 Å². The Morgan fingerprint density at radius 1 is 1.08 bits per heavy atom. The van der Waals surface area contributed by atoms with Crippen molar-refractivity contribution in [3.8, 4) is 0 Å². The smallest absolute Gasteiger partial charge is 0.412 e. The van der Waals surface area contributed by atoms with Crippen molar-refractivity contribution >= 4 is 28.9 Å². The Bertz CT molecular complexity index is 1290. The highest BCUT2D eigenvalue weighted by atomic mass is 19.1. The monoisotopic (exact) mass is 495 g/mol. The van der Waals surface area contributed by atoms with Gasteiger partial charge in [-0.3, -0.25) is 9.69 Å². The van der Waals surface area contributed by atoms with Crippen LogP contribution in [0, 0.1) is 5.82 Å². The van der Waals surface area contributed by atoms with Gasteiger partial charge in [0, 0.05) is 11.3 Å². The molecule has 8 nitrogen and oxygen atoms in total. The minimum absolute atomic E-state index is 0.170. The largest absolute Gasteiger partial charge is 0.461 e. The van der Waals surface area contributed by atoms with Crippen molar-refractivity contribution < 1.29 is 28.2 Å². The van der Waals surface area contributed by atoms with Crippen molar-refractivity contribution in [1.82, 2.24) is 9.47 Å². The van der Waals surface area contributed by atoms with Crippen molar-refractivity contribution in [3.63, 3.8) is 0 Å². The first kappa shape index (κ1) is 25.2. The molecule has 2 heterocycles. The number of nitrogens with zero attached hydrogens (tertiary/aromatic N) is 2. The van der Waals surface area contributed by atoms with Crippen LogP contribution in [0.15, 0.2) is 54.6 Å². The van der Waals surface area contributed by atoms with Gasteiger partial charge in [0.1, 0.15) is 29.3 Å². The lowest BCUT2D eigenvalue weighted by atomic mass is 9.91. The molecule has 9 heteroatoms. The van der Waals surface area contributed by atoms with E-state index < -0.39 is 47.5 Å². The molecule has 1 aliphatic rings. The normalized spacial score (nSPS) is 19.9. The number of likely N-dealkylation sites (tertiary alicyclic amines) is 1. The number of fused-ring (bicyclic) bond motifs is 1. The predicted molar refractivity (Wildman–Crippen MR) is 132 cm³/mol. The highest BCUT2D eigenvalue weighted by Crippen LogP contribution is 2.45. The van der Waals surface area contributed by atoms with E-state index >= 15 is 0 Å². The number of rotatable bonds is 5. The van der Waals surface area contributed by atoms with Crippen molar-refractivity contribution in [3.05, 3.63) is 71.7 Å². The van der Waals surface area contributed by atoms with E-state index in [0.29, 0.717) is 11.1 Å². The molecule has 1 aromatic heterocycles. The summed E-state index contributed by atoms with van der Waals surface area (Å²) in [5, 5.41) is 0.769. The highest BCUT2D eigenvalue weighted by molar-refractivity contribution is 5.96. The summed E-state index contributed by atoms with van der Waals surface area (Å²) < 4.78 is 26.4. The number of esters is 1.